The first-order chi connectivity index (χ1) is 13.4. The van der Waals surface area contributed by atoms with Crippen molar-refractivity contribution in [3.8, 4) is 16.9 Å². The first-order valence-corrected chi connectivity index (χ1v) is 14.0. The molecule has 152 valence electrons. The summed E-state index contributed by atoms with van der Waals surface area (Å²) in [6.45, 7) is 9.73. The highest BCUT2D eigenvalue weighted by Crippen LogP contribution is 2.25. The van der Waals surface area contributed by atoms with Gasteiger partial charge in [-0.15, -0.1) is 0 Å². The van der Waals surface area contributed by atoms with Crippen molar-refractivity contribution >= 4 is 8.32 Å². The van der Waals surface area contributed by atoms with Gasteiger partial charge in [-0.05, 0) is 81.1 Å². The Hall–Kier alpha value is -1.62. The highest BCUT2D eigenvalue weighted by atomic mass is 28.4. The maximum Gasteiger partial charge on any atom is 0.199 e. The van der Waals surface area contributed by atoms with Crippen LogP contribution in [0.1, 0.15) is 38.2 Å². The van der Waals surface area contributed by atoms with Crippen molar-refractivity contribution in [1.82, 2.24) is 0 Å². The van der Waals surface area contributed by atoms with Gasteiger partial charge < -0.3 is 13.9 Å². The molecule has 2 atom stereocenters. The molecule has 2 aromatic carbocycles. The number of ether oxygens (including phenoxy) is 2. The van der Waals surface area contributed by atoms with Crippen LogP contribution in [-0.4, -0.2) is 27.3 Å². The molecule has 3 nitrogen and oxygen atoms in total. The Balaban J connectivity index is 1.52. The lowest BCUT2D eigenvalue weighted by Crippen LogP contribution is -2.30. The molecule has 4 heteroatoms. The molecular weight excluding hydrogens is 364 g/mol. The Morgan fingerprint density at radius 1 is 0.964 bits per heavy atom. The van der Waals surface area contributed by atoms with Crippen molar-refractivity contribution in [3.05, 3.63) is 54.1 Å². The Kier molecular flexibility index (Phi) is 7.33. The Bertz CT molecular complexity index is 713. The molecule has 0 bridgehead atoms. The largest absolute Gasteiger partial charge is 0.465 e. The fourth-order valence-corrected chi connectivity index (χ4v) is 4.90. The number of hydrogen-bond donors (Lipinski definition) is 0. The molecule has 1 saturated heterocycles. The Labute approximate surface area is 171 Å². The normalized spacial score (nSPS) is 18.6. The van der Waals surface area contributed by atoms with Gasteiger partial charge in [0.05, 0.1) is 6.61 Å². The predicted octanol–water partition coefficient (Wildman–Crippen LogP) is 6.43. The molecule has 2 aromatic rings. The van der Waals surface area contributed by atoms with Crippen molar-refractivity contribution in [1.29, 1.82) is 0 Å². The fraction of sp³-hybridized carbons (Fsp3) is 0.500. The average molecular weight is 399 g/mol. The smallest absolute Gasteiger partial charge is 0.199 e. The van der Waals surface area contributed by atoms with Gasteiger partial charge in [0.25, 0.3) is 0 Å². The molecule has 3 rings (SSSR count). The molecule has 28 heavy (non-hydrogen) atoms. The second-order valence-electron chi connectivity index (χ2n) is 8.71. The first-order valence-electron chi connectivity index (χ1n) is 10.5. The third kappa shape index (κ3) is 6.76. The zero-order chi connectivity index (χ0) is 20.0. The van der Waals surface area contributed by atoms with E-state index in [0.717, 1.165) is 38.0 Å². The topological polar surface area (TPSA) is 27.7 Å². The third-order valence-electron chi connectivity index (χ3n) is 4.94. The van der Waals surface area contributed by atoms with Gasteiger partial charge in [-0.1, -0.05) is 36.4 Å². The molecule has 2 unspecified atom stereocenters. The van der Waals surface area contributed by atoms with E-state index >= 15 is 0 Å². The van der Waals surface area contributed by atoms with Crippen LogP contribution in [0, 0.1) is 0 Å². The van der Waals surface area contributed by atoms with Crippen LogP contribution in [0.4, 0.5) is 0 Å². The summed E-state index contributed by atoms with van der Waals surface area (Å²) in [5, 5.41) is 0. The van der Waals surface area contributed by atoms with Crippen LogP contribution in [0.2, 0.25) is 19.6 Å². The van der Waals surface area contributed by atoms with Crippen LogP contribution in [0.3, 0.4) is 0 Å². The van der Waals surface area contributed by atoms with E-state index in [9.17, 15) is 0 Å². The van der Waals surface area contributed by atoms with Crippen LogP contribution in [0.5, 0.6) is 5.75 Å². The standard InChI is InChI=1S/C24H34O3Si/c1-19(27-28(2,3)4)8-9-20-10-12-21(13-11-20)22-14-16-23(17-15-22)26-24-7-5-6-18-25-24/h10-17,19,24H,5-9,18H2,1-4H3. The number of hydrogen-bond acceptors (Lipinski definition) is 3. The molecule has 1 aliphatic rings. The van der Waals surface area contributed by atoms with E-state index < -0.39 is 8.32 Å². The maximum atomic E-state index is 6.14. The summed E-state index contributed by atoms with van der Waals surface area (Å²) in [6.07, 6.45) is 5.65. The third-order valence-corrected chi connectivity index (χ3v) is 6.05. The SMILES string of the molecule is CC(CCc1ccc(-c2ccc(OC3CCCCO3)cc2)cc1)O[Si](C)(C)C. The molecule has 0 aromatic heterocycles. The second kappa shape index (κ2) is 9.73. The Morgan fingerprint density at radius 2 is 1.61 bits per heavy atom. The van der Waals surface area contributed by atoms with Crippen LogP contribution in [0.15, 0.2) is 48.5 Å². The fourth-order valence-electron chi connectivity index (χ4n) is 3.58. The monoisotopic (exact) mass is 398 g/mol. The van der Waals surface area contributed by atoms with Crippen LogP contribution in [0.25, 0.3) is 11.1 Å². The molecule has 0 spiro atoms. The molecule has 1 heterocycles. The van der Waals surface area contributed by atoms with E-state index in [-0.39, 0.29) is 6.29 Å². The van der Waals surface area contributed by atoms with Crippen LogP contribution in [-0.2, 0) is 15.6 Å². The minimum atomic E-state index is -1.45. The predicted molar refractivity (Wildman–Crippen MR) is 118 cm³/mol. The minimum absolute atomic E-state index is 0.0915. The van der Waals surface area contributed by atoms with Crippen molar-refractivity contribution in [2.24, 2.45) is 0 Å². The van der Waals surface area contributed by atoms with Gasteiger partial charge in [-0.2, -0.15) is 0 Å². The summed E-state index contributed by atoms with van der Waals surface area (Å²) >= 11 is 0. The quantitative estimate of drug-likeness (QED) is 0.479. The van der Waals surface area contributed by atoms with Gasteiger partial charge in [0.2, 0.25) is 0 Å². The lowest BCUT2D eigenvalue weighted by Gasteiger charge is -2.23. The molecule has 0 amide bonds. The number of benzene rings is 2. The molecule has 0 radical (unpaired) electrons. The summed E-state index contributed by atoms with van der Waals surface area (Å²) in [6, 6.07) is 17.2. The van der Waals surface area contributed by atoms with Gasteiger partial charge in [0.15, 0.2) is 14.6 Å². The van der Waals surface area contributed by atoms with Crippen molar-refractivity contribution in [3.63, 3.8) is 0 Å². The Morgan fingerprint density at radius 3 is 2.18 bits per heavy atom. The highest BCUT2D eigenvalue weighted by Gasteiger charge is 2.18. The minimum Gasteiger partial charge on any atom is -0.465 e. The summed E-state index contributed by atoms with van der Waals surface area (Å²) < 4.78 is 17.7. The summed E-state index contributed by atoms with van der Waals surface area (Å²) in [4.78, 5) is 0. The lowest BCUT2D eigenvalue weighted by molar-refractivity contribution is -0.105. The maximum absolute atomic E-state index is 6.14. The van der Waals surface area contributed by atoms with Gasteiger partial charge >= 0.3 is 0 Å². The van der Waals surface area contributed by atoms with Gasteiger partial charge in [0.1, 0.15) is 5.75 Å². The molecular formula is C24H34O3Si. The van der Waals surface area contributed by atoms with E-state index in [1.165, 1.54) is 23.1 Å². The zero-order valence-electron chi connectivity index (χ0n) is 17.7. The van der Waals surface area contributed by atoms with Crippen LogP contribution < -0.4 is 4.74 Å². The van der Waals surface area contributed by atoms with Gasteiger partial charge in [-0.3, -0.25) is 0 Å². The summed E-state index contributed by atoms with van der Waals surface area (Å²) in [5.41, 5.74) is 3.80. The van der Waals surface area contributed by atoms with E-state index in [2.05, 4.69) is 63.0 Å². The van der Waals surface area contributed by atoms with Crippen molar-refractivity contribution in [2.75, 3.05) is 6.61 Å². The van der Waals surface area contributed by atoms with E-state index in [1.54, 1.807) is 0 Å². The second-order valence-corrected chi connectivity index (χ2v) is 13.2. The van der Waals surface area contributed by atoms with E-state index in [1.807, 2.05) is 12.1 Å². The number of aryl methyl sites for hydroxylation is 1. The van der Waals surface area contributed by atoms with Gasteiger partial charge in [0, 0.05) is 12.5 Å². The zero-order valence-corrected chi connectivity index (χ0v) is 18.7. The molecule has 0 saturated carbocycles. The molecule has 0 aliphatic carbocycles. The average Bonchev–Trinajstić information content (AvgIpc) is 2.67. The molecule has 1 fully saturated rings. The summed E-state index contributed by atoms with van der Waals surface area (Å²) in [5.74, 6) is 0.878. The van der Waals surface area contributed by atoms with E-state index in [4.69, 9.17) is 13.9 Å². The van der Waals surface area contributed by atoms with Gasteiger partial charge in [-0.25, -0.2) is 0 Å². The molecule has 0 N–H and O–H groups in total. The lowest BCUT2D eigenvalue weighted by atomic mass is 10.0. The summed E-state index contributed by atoms with van der Waals surface area (Å²) in [7, 11) is -1.45. The highest BCUT2D eigenvalue weighted by molar-refractivity contribution is 6.69. The van der Waals surface area contributed by atoms with E-state index in [0.29, 0.717) is 6.10 Å². The number of rotatable bonds is 8. The van der Waals surface area contributed by atoms with Crippen molar-refractivity contribution < 1.29 is 13.9 Å². The molecule has 1 aliphatic heterocycles. The van der Waals surface area contributed by atoms with Crippen molar-refractivity contribution in [2.45, 2.75) is 71.1 Å². The van der Waals surface area contributed by atoms with Crippen LogP contribution >= 0.6 is 0 Å². The first kappa shape index (κ1) is 21.1.